The van der Waals surface area contributed by atoms with Crippen molar-refractivity contribution in [3.8, 4) is 11.1 Å². The molecule has 0 atom stereocenters. The maximum atomic E-state index is 13.9. The van der Waals surface area contributed by atoms with E-state index in [4.69, 9.17) is 0 Å². The summed E-state index contributed by atoms with van der Waals surface area (Å²) in [6.07, 6.45) is 0.635. The van der Waals surface area contributed by atoms with Crippen molar-refractivity contribution in [2.75, 3.05) is 6.61 Å². The minimum absolute atomic E-state index is 0. The SMILES string of the molecule is Cl.Cl.[CH3][Zr](=[O])(=[SiH2])([CH2]CCO)[CH]1c2ccccc2-c2ccccc21. The number of hydrogen-bond acceptors (Lipinski definition) is 2. The Morgan fingerprint density at radius 2 is 1.43 bits per heavy atom. The Morgan fingerprint density at radius 1 is 1.00 bits per heavy atom. The van der Waals surface area contributed by atoms with Crippen LogP contribution in [0.1, 0.15) is 21.2 Å². The van der Waals surface area contributed by atoms with Crippen LogP contribution in [0.3, 0.4) is 0 Å². The van der Waals surface area contributed by atoms with E-state index in [0.29, 0.717) is 10.5 Å². The summed E-state index contributed by atoms with van der Waals surface area (Å²) < 4.78 is 16.6. The molecule has 23 heavy (non-hydrogen) atoms. The van der Waals surface area contributed by atoms with E-state index < -0.39 is 17.4 Å². The predicted molar refractivity (Wildman–Crippen MR) is 99.8 cm³/mol. The van der Waals surface area contributed by atoms with Gasteiger partial charge in [0.05, 0.1) is 0 Å². The second-order valence-electron chi connectivity index (χ2n) is 6.70. The fourth-order valence-corrected chi connectivity index (χ4v) is 16.8. The molecule has 1 aliphatic rings. The molecule has 0 aliphatic heterocycles. The molecule has 0 spiro atoms. The fourth-order valence-electron chi connectivity index (χ4n) is 3.73. The minimum atomic E-state index is -4.16. The van der Waals surface area contributed by atoms with Gasteiger partial charge in [0, 0.05) is 0 Å². The molecule has 0 amide bonds. The topological polar surface area (TPSA) is 37.3 Å². The summed E-state index contributed by atoms with van der Waals surface area (Å²) >= 11 is -4.16. The van der Waals surface area contributed by atoms with E-state index in [1.807, 2.05) is 28.9 Å². The Kier molecular flexibility index (Phi) is 6.74. The molecule has 0 radical (unpaired) electrons. The number of aliphatic hydroxyl groups is 1. The molecule has 0 fully saturated rings. The van der Waals surface area contributed by atoms with Crippen molar-refractivity contribution in [2.24, 2.45) is 0 Å². The third-order valence-electron chi connectivity index (χ3n) is 4.66. The second-order valence-corrected chi connectivity index (χ2v) is 31.7. The van der Waals surface area contributed by atoms with E-state index in [2.05, 4.69) is 24.3 Å². The molecule has 0 saturated heterocycles. The summed E-state index contributed by atoms with van der Waals surface area (Å²) in [5.41, 5.74) is 4.89. The summed E-state index contributed by atoms with van der Waals surface area (Å²) in [6.45, 7) is 1.87. The van der Waals surface area contributed by atoms with Gasteiger partial charge in [-0.3, -0.25) is 0 Å². The molecular weight excluding hydrogens is 426 g/mol. The normalized spacial score (nSPS) is 13.5. The van der Waals surface area contributed by atoms with Crippen molar-refractivity contribution >= 4 is 31.7 Å². The molecule has 0 unspecified atom stereocenters. The van der Waals surface area contributed by atoms with Crippen molar-refractivity contribution in [3.63, 3.8) is 0 Å². The molecule has 2 nitrogen and oxygen atoms in total. The molecule has 1 N–H and O–H groups in total. The van der Waals surface area contributed by atoms with E-state index in [9.17, 15) is 7.92 Å². The maximum absolute atomic E-state index is 13.9. The molecule has 0 saturated carbocycles. The Hall–Kier alpha value is -0.120. The van der Waals surface area contributed by atoms with Gasteiger partial charge >= 0.3 is 128 Å². The van der Waals surface area contributed by atoms with E-state index in [1.54, 1.807) is 6.88 Å². The van der Waals surface area contributed by atoms with Crippen molar-refractivity contribution < 1.29 is 25.3 Å². The Morgan fingerprint density at radius 3 is 1.87 bits per heavy atom. The van der Waals surface area contributed by atoms with Gasteiger partial charge in [-0.1, -0.05) is 0 Å². The van der Waals surface area contributed by atoms with Crippen LogP contribution in [0, 0.1) is 0 Å². The van der Waals surface area contributed by atoms with E-state index in [-0.39, 0.29) is 35.0 Å². The van der Waals surface area contributed by atoms with Gasteiger partial charge in [0.1, 0.15) is 0 Å². The summed E-state index contributed by atoms with van der Waals surface area (Å²) in [4.78, 5) is 0. The third kappa shape index (κ3) is 3.77. The number of aliphatic hydroxyl groups excluding tert-OH is 1. The van der Waals surface area contributed by atoms with Crippen LogP contribution in [0.5, 0.6) is 0 Å². The van der Waals surface area contributed by atoms with Crippen LogP contribution < -0.4 is 0 Å². The summed E-state index contributed by atoms with van der Waals surface area (Å²) in [6, 6.07) is 16.7. The molecule has 125 valence electrons. The van der Waals surface area contributed by atoms with Crippen molar-refractivity contribution in [1.29, 1.82) is 0 Å². The molecule has 0 bridgehead atoms. The molecule has 2 aromatic carbocycles. The van der Waals surface area contributed by atoms with Gasteiger partial charge < -0.3 is 0 Å². The molecule has 0 heterocycles. The van der Waals surface area contributed by atoms with Gasteiger partial charge in [0.2, 0.25) is 0 Å². The number of halogens is 2. The van der Waals surface area contributed by atoms with E-state index >= 15 is 0 Å². The van der Waals surface area contributed by atoms with Gasteiger partial charge in [-0.15, -0.1) is 24.8 Å². The number of benzene rings is 2. The number of fused-ring (bicyclic) bond motifs is 3. The first-order valence-corrected chi connectivity index (χ1v) is 20.0. The van der Waals surface area contributed by atoms with Crippen LogP contribution >= 0.6 is 24.8 Å². The average molecular weight is 450 g/mol. The number of hydrogen-bond donors (Lipinski definition) is 1. The molecule has 6 heteroatoms. The van der Waals surface area contributed by atoms with Crippen molar-refractivity contribution in [1.82, 2.24) is 0 Å². The Bertz CT molecular complexity index is 784. The van der Waals surface area contributed by atoms with Crippen LogP contribution in [0.4, 0.5) is 0 Å². The van der Waals surface area contributed by atoms with Gasteiger partial charge in [0.25, 0.3) is 0 Å². The van der Waals surface area contributed by atoms with E-state index in [0.717, 1.165) is 0 Å². The number of rotatable bonds is 4. The molecule has 2 aromatic rings. The van der Waals surface area contributed by atoms with Crippen molar-refractivity contribution in [2.45, 2.75) is 18.8 Å². The van der Waals surface area contributed by atoms with Crippen molar-refractivity contribution in [3.05, 3.63) is 59.7 Å². The standard InChI is InChI=1S/C13H9.C3H7O.CH3.2ClH.O.H2Si.Zr/c1-3-7-12-10(5-1)9-11-6-2-4-8-13(11)12;1-2-3-4;;;;;;/h1-9H;4H,1-3H2;1H3;2*1H;;1H2;. The van der Waals surface area contributed by atoms with Crippen LogP contribution in [-0.4, -0.2) is 18.6 Å². The molecule has 0 aromatic heterocycles. The molecular formula is C17H23Cl2O2SiZr. The third-order valence-corrected chi connectivity index (χ3v) is 18.9. The molecule has 3 rings (SSSR count). The first kappa shape index (κ1) is 20.9. The van der Waals surface area contributed by atoms with Gasteiger partial charge in [-0.25, -0.2) is 0 Å². The Labute approximate surface area is 152 Å². The van der Waals surface area contributed by atoms with Crippen LogP contribution in [0.15, 0.2) is 48.5 Å². The monoisotopic (exact) mass is 447 g/mol. The quantitative estimate of drug-likeness (QED) is 0.716. The van der Waals surface area contributed by atoms with Crippen LogP contribution in [0.25, 0.3) is 11.1 Å². The molecule has 1 aliphatic carbocycles. The van der Waals surface area contributed by atoms with E-state index in [1.165, 1.54) is 22.3 Å². The summed E-state index contributed by atoms with van der Waals surface area (Å²) in [5.74, 6) is 0. The van der Waals surface area contributed by atoms with Gasteiger partial charge in [-0.2, -0.15) is 0 Å². The fraction of sp³-hybridized carbons (Fsp3) is 0.294. The van der Waals surface area contributed by atoms with Gasteiger partial charge in [0.15, 0.2) is 0 Å². The average Bonchev–Trinajstić information content (AvgIpc) is 2.80. The second kappa shape index (κ2) is 7.41. The zero-order valence-corrected chi connectivity index (χ0v) is 18.7. The zero-order valence-electron chi connectivity index (χ0n) is 13.2. The summed E-state index contributed by atoms with van der Waals surface area (Å²) in [7, 11) is 0. The predicted octanol–water partition coefficient (Wildman–Crippen LogP) is 4.03. The van der Waals surface area contributed by atoms with Crippen LogP contribution in [0.2, 0.25) is 8.76 Å². The van der Waals surface area contributed by atoms with Crippen LogP contribution in [-0.2, 0) is 20.2 Å². The first-order chi connectivity index (χ1) is 9.92. The summed E-state index contributed by atoms with van der Waals surface area (Å²) in [5, 5.41) is 9.18. The zero-order chi connectivity index (χ0) is 15.1. The Balaban J connectivity index is 0.00000132. The van der Waals surface area contributed by atoms with Gasteiger partial charge in [-0.05, 0) is 0 Å². The first-order valence-electron chi connectivity index (χ1n) is 7.50.